The Bertz CT molecular complexity index is 1480. The van der Waals surface area contributed by atoms with E-state index in [1.807, 2.05) is 0 Å². The Morgan fingerprint density at radius 1 is 1.03 bits per heavy atom. The van der Waals surface area contributed by atoms with Crippen LogP contribution < -0.4 is 5.32 Å². The van der Waals surface area contributed by atoms with Crippen LogP contribution in [0.1, 0.15) is 40.3 Å². The molecule has 2 aromatic heterocycles. The Morgan fingerprint density at radius 2 is 1.68 bits per heavy atom. The first-order chi connectivity index (χ1) is 18.4. The first-order valence-corrected chi connectivity index (χ1v) is 12.1. The fraction of sp³-hybridized carbons (Fsp3) is 0.231. The number of nitrogens with zero attached hydrogens (tertiary/aromatic N) is 4. The highest BCUT2D eigenvalue weighted by Crippen LogP contribution is 2.35. The van der Waals surface area contributed by atoms with Gasteiger partial charge < -0.3 is 14.2 Å². The van der Waals surface area contributed by atoms with Gasteiger partial charge in [-0.05, 0) is 24.3 Å². The molecule has 194 valence electrons. The van der Waals surface area contributed by atoms with Crippen molar-refractivity contribution in [3.05, 3.63) is 83.3 Å². The summed E-state index contributed by atoms with van der Waals surface area (Å²) in [6.45, 7) is 1.25. The fourth-order valence-corrected chi connectivity index (χ4v) is 4.28. The molecule has 3 atom stereocenters. The van der Waals surface area contributed by atoms with Crippen molar-refractivity contribution < 1.29 is 28.6 Å². The molecule has 1 aliphatic rings. The highest BCUT2D eigenvalue weighted by atomic mass is 35.5. The second-order valence-corrected chi connectivity index (χ2v) is 8.86. The molecule has 0 spiro atoms. The Kier molecular flexibility index (Phi) is 7.29. The third-order valence-electron chi connectivity index (χ3n) is 5.76. The van der Waals surface area contributed by atoms with Crippen molar-refractivity contribution in [1.82, 2.24) is 19.5 Å². The number of halogens is 1. The molecule has 0 bridgehead atoms. The minimum atomic E-state index is -0.871. The Balaban J connectivity index is 1.41. The number of fused-ring (bicyclic) bond motifs is 1. The molecule has 1 N–H and O–H groups in total. The van der Waals surface area contributed by atoms with Gasteiger partial charge in [0.15, 0.2) is 17.0 Å². The Labute approximate surface area is 221 Å². The van der Waals surface area contributed by atoms with E-state index in [4.69, 9.17) is 25.8 Å². The highest BCUT2D eigenvalue weighted by molar-refractivity contribution is 6.33. The van der Waals surface area contributed by atoms with Crippen LogP contribution in [-0.4, -0.2) is 56.2 Å². The first kappa shape index (κ1) is 25.3. The third-order valence-corrected chi connectivity index (χ3v) is 6.03. The second kappa shape index (κ2) is 11.0. The molecule has 2 aromatic carbocycles. The number of anilines is 1. The monoisotopic (exact) mass is 535 g/mol. The number of carbonyl (C=O) groups is 3. The van der Waals surface area contributed by atoms with E-state index in [0.717, 1.165) is 0 Å². The summed E-state index contributed by atoms with van der Waals surface area (Å²) >= 11 is 6.28. The van der Waals surface area contributed by atoms with Gasteiger partial charge in [-0.3, -0.25) is 14.7 Å². The smallest absolute Gasteiger partial charge is 0.338 e. The van der Waals surface area contributed by atoms with Crippen molar-refractivity contribution >= 4 is 46.6 Å². The van der Waals surface area contributed by atoms with Crippen LogP contribution in [-0.2, 0) is 19.0 Å². The number of nitrogens with one attached hydrogen (secondary N) is 1. The molecule has 12 heteroatoms. The van der Waals surface area contributed by atoms with Crippen LogP contribution >= 0.6 is 11.6 Å². The quantitative estimate of drug-likeness (QED) is 0.277. The molecular formula is C26H22ClN5O6. The number of hydrogen-bond acceptors (Lipinski definition) is 9. The predicted molar refractivity (Wildman–Crippen MR) is 136 cm³/mol. The number of rotatable bonds is 7. The largest absolute Gasteiger partial charge is 0.459 e. The zero-order valence-electron chi connectivity index (χ0n) is 20.1. The summed E-state index contributed by atoms with van der Waals surface area (Å²) in [5.41, 5.74) is 1.32. The van der Waals surface area contributed by atoms with Gasteiger partial charge in [-0.25, -0.2) is 14.6 Å². The minimum absolute atomic E-state index is 0.0130. The van der Waals surface area contributed by atoms with Gasteiger partial charge in [0.1, 0.15) is 18.2 Å². The Hall–Kier alpha value is -4.35. The van der Waals surface area contributed by atoms with Crippen LogP contribution in [0.5, 0.6) is 0 Å². The van der Waals surface area contributed by atoms with Crippen LogP contribution in [0.15, 0.2) is 67.0 Å². The number of carbonyl (C=O) groups excluding carboxylic acids is 3. The number of ether oxygens (including phenoxy) is 3. The van der Waals surface area contributed by atoms with Crippen molar-refractivity contribution in [1.29, 1.82) is 0 Å². The molecule has 3 heterocycles. The summed E-state index contributed by atoms with van der Waals surface area (Å²) in [7, 11) is 0. The average molecular weight is 536 g/mol. The minimum Gasteiger partial charge on any atom is -0.459 e. The van der Waals surface area contributed by atoms with Crippen molar-refractivity contribution in [2.45, 2.75) is 31.8 Å². The van der Waals surface area contributed by atoms with Crippen LogP contribution in [0, 0.1) is 0 Å². The summed E-state index contributed by atoms with van der Waals surface area (Å²) in [6.07, 6.45) is -0.564. The van der Waals surface area contributed by atoms with Crippen LogP contribution in [0.4, 0.5) is 5.95 Å². The fourth-order valence-electron chi connectivity index (χ4n) is 4.06. The van der Waals surface area contributed by atoms with Crippen molar-refractivity contribution in [3.8, 4) is 0 Å². The number of imidazole rings is 1. The SMILES string of the molecule is CC(=O)Nc1nc(Cl)c2ncn([C@@H]3O[C@@H](COC(=O)c4ccccc4)C[C@@H]3OC(=O)c3ccccc3)c2n1. The summed E-state index contributed by atoms with van der Waals surface area (Å²) in [6, 6.07) is 17.1. The topological polar surface area (TPSA) is 135 Å². The molecule has 4 aromatic rings. The van der Waals surface area contributed by atoms with E-state index < -0.39 is 30.4 Å². The van der Waals surface area contributed by atoms with E-state index in [1.165, 1.54) is 13.3 Å². The maximum absolute atomic E-state index is 12.9. The van der Waals surface area contributed by atoms with Crippen molar-refractivity contribution in [2.75, 3.05) is 11.9 Å². The van der Waals surface area contributed by atoms with E-state index in [-0.39, 0.29) is 41.2 Å². The Morgan fingerprint density at radius 3 is 2.34 bits per heavy atom. The molecule has 38 heavy (non-hydrogen) atoms. The number of amides is 1. The molecule has 1 aliphatic heterocycles. The van der Waals surface area contributed by atoms with Gasteiger partial charge in [0.25, 0.3) is 0 Å². The summed E-state index contributed by atoms with van der Waals surface area (Å²) in [5, 5.41) is 2.53. The molecule has 0 unspecified atom stereocenters. The van der Waals surface area contributed by atoms with Crippen LogP contribution in [0.25, 0.3) is 11.2 Å². The molecule has 0 saturated carbocycles. The zero-order valence-corrected chi connectivity index (χ0v) is 20.9. The van der Waals surface area contributed by atoms with Crippen LogP contribution in [0.3, 0.4) is 0 Å². The molecule has 11 nitrogen and oxygen atoms in total. The lowest BCUT2D eigenvalue weighted by Crippen LogP contribution is -2.25. The second-order valence-electron chi connectivity index (χ2n) is 8.50. The van der Waals surface area contributed by atoms with Crippen molar-refractivity contribution in [2.24, 2.45) is 0 Å². The van der Waals surface area contributed by atoms with Crippen molar-refractivity contribution in [3.63, 3.8) is 0 Å². The lowest BCUT2D eigenvalue weighted by molar-refractivity contribution is -0.114. The molecular weight excluding hydrogens is 514 g/mol. The van der Waals surface area contributed by atoms with Gasteiger partial charge in [-0.1, -0.05) is 48.0 Å². The van der Waals surface area contributed by atoms with E-state index in [2.05, 4.69) is 20.3 Å². The van der Waals surface area contributed by atoms with E-state index in [1.54, 1.807) is 65.2 Å². The van der Waals surface area contributed by atoms with Gasteiger partial charge in [0, 0.05) is 13.3 Å². The molecule has 1 saturated heterocycles. The molecule has 5 rings (SSSR count). The van der Waals surface area contributed by atoms with Gasteiger partial charge in [0.05, 0.1) is 23.6 Å². The first-order valence-electron chi connectivity index (χ1n) is 11.7. The lowest BCUT2D eigenvalue weighted by Gasteiger charge is -2.20. The summed E-state index contributed by atoms with van der Waals surface area (Å²) in [4.78, 5) is 49.6. The molecule has 1 amide bonds. The summed E-state index contributed by atoms with van der Waals surface area (Å²) in [5.74, 6) is -1.43. The number of benzene rings is 2. The lowest BCUT2D eigenvalue weighted by atomic mass is 10.2. The standard InChI is InChI=1S/C26H22ClN5O6/c1-15(33)29-26-30-21(27)20-22(31-26)32(14-28-20)23-19(38-25(35)17-10-6-3-7-11-17)12-18(37-23)13-36-24(34)16-8-4-2-5-9-16/h2-11,14,18-19,23H,12-13H2,1H3,(H,29,30,31,33)/t18-,19+,23-/m1/s1. The van der Waals surface area contributed by atoms with Gasteiger partial charge in [-0.2, -0.15) is 9.97 Å². The molecule has 0 radical (unpaired) electrons. The molecule has 0 aliphatic carbocycles. The van der Waals surface area contributed by atoms with Gasteiger partial charge >= 0.3 is 11.9 Å². The van der Waals surface area contributed by atoms with Gasteiger partial charge in [-0.15, -0.1) is 0 Å². The summed E-state index contributed by atoms with van der Waals surface area (Å²) < 4.78 is 19.0. The van der Waals surface area contributed by atoms with Crippen LogP contribution in [0.2, 0.25) is 5.15 Å². The average Bonchev–Trinajstić information content (AvgIpc) is 3.52. The number of hydrogen-bond donors (Lipinski definition) is 1. The normalized spacial score (nSPS) is 18.7. The maximum atomic E-state index is 12.9. The number of aromatic nitrogens is 4. The van der Waals surface area contributed by atoms with E-state index in [9.17, 15) is 14.4 Å². The van der Waals surface area contributed by atoms with Gasteiger partial charge in [0.2, 0.25) is 11.9 Å². The highest BCUT2D eigenvalue weighted by Gasteiger charge is 2.41. The third kappa shape index (κ3) is 5.48. The van der Waals surface area contributed by atoms with E-state index in [0.29, 0.717) is 11.1 Å². The number of esters is 2. The van der Waals surface area contributed by atoms with E-state index >= 15 is 0 Å². The zero-order chi connectivity index (χ0) is 26.6. The predicted octanol–water partition coefficient (Wildman–Crippen LogP) is 3.81. The maximum Gasteiger partial charge on any atom is 0.338 e. The molecule has 1 fully saturated rings.